The Morgan fingerprint density at radius 2 is 2.31 bits per heavy atom. The van der Waals surface area contributed by atoms with Crippen LogP contribution in [0.25, 0.3) is 0 Å². The van der Waals surface area contributed by atoms with E-state index in [1.165, 1.54) is 22.6 Å². The lowest BCUT2D eigenvalue weighted by molar-refractivity contribution is 0.951. The van der Waals surface area contributed by atoms with E-state index in [4.69, 9.17) is 0 Å². The zero-order valence-electron chi connectivity index (χ0n) is 7.79. The molecule has 13 heavy (non-hydrogen) atoms. The van der Waals surface area contributed by atoms with Gasteiger partial charge in [0, 0.05) is 17.2 Å². The van der Waals surface area contributed by atoms with E-state index in [1.807, 2.05) is 0 Å². The molecule has 0 saturated carbocycles. The first kappa shape index (κ1) is 8.82. The first-order chi connectivity index (χ1) is 6.40. The number of hydrogen-bond donors (Lipinski definition) is 0. The van der Waals surface area contributed by atoms with Crippen LogP contribution in [0.3, 0.4) is 0 Å². The van der Waals surface area contributed by atoms with Gasteiger partial charge in [-0.3, -0.25) is 4.99 Å². The maximum Gasteiger partial charge on any atom is 0.0421 e. The number of benzene rings is 1. The van der Waals surface area contributed by atoms with Crippen LogP contribution in [0.15, 0.2) is 34.2 Å². The normalized spacial score (nSPS) is 15.9. The van der Waals surface area contributed by atoms with Crippen LogP contribution in [0.1, 0.15) is 18.4 Å². The molecule has 1 aliphatic heterocycles. The summed E-state index contributed by atoms with van der Waals surface area (Å²) in [5.74, 6) is 0. The molecule has 0 spiro atoms. The van der Waals surface area contributed by atoms with Crippen LogP contribution < -0.4 is 0 Å². The van der Waals surface area contributed by atoms with Gasteiger partial charge < -0.3 is 0 Å². The molecule has 0 bridgehead atoms. The van der Waals surface area contributed by atoms with Gasteiger partial charge in [0.1, 0.15) is 0 Å². The van der Waals surface area contributed by atoms with Gasteiger partial charge >= 0.3 is 0 Å². The molecule has 0 aromatic heterocycles. The van der Waals surface area contributed by atoms with Gasteiger partial charge in [0.15, 0.2) is 0 Å². The van der Waals surface area contributed by atoms with E-state index < -0.39 is 0 Å². The van der Waals surface area contributed by atoms with Gasteiger partial charge in [-0.05, 0) is 36.8 Å². The van der Waals surface area contributed by atoms with Crippen molar-refractivity contribution >= 4 is 17.5 Å². The summed E-state index contributed by atoms with van der Waals surface area (Å²) in [5, 5.41) is 0. The minimum absolute atomic E-state index is 1.01. The molecule has 0 N–H and O–H groups in total. The van der Waals surface area contributed by atoms with Crippen molar-refractivity contribution in [3.63, 3.8) is 0 Å². The highest BCUT2D eigenvalue weighted by Gasteiger charge is 2.08. The summed E-state index contributed by atoms with van der Waals surface area (Å²) < 4.78 is 0. The van der Waals surface area contributed by atoms with Crippen molar-refractivity contribution < 1.29 is 0 Å². The highest BCUT2D eigenvalue weighted by molar-refractivity contribution is 7.98. The fourth-order valence-electron chi connectivity index (χ4n) is 1.58. The average Bonchev–Trinajstić information content (AvgIpc) is 2.71. The Kier molecular flexibility index (Phi) is 2.69. The summed E-state index contributed by atoms with van der Waals surface area (Å²) in [6.45, 7) is 1.01. The minimum Gasteiger partial charge on any atom is -0.289 e. The second-order valence-corrected chi connectivity index (χ2v) is 4.04. The largest absolute Gasteiger partial charge is 0.289 e. The number of rotatable bonds is 2. The van der Waals surface area contributed by atoms with Gasteiger partial charge in [0.25, 0.3) is 0 Å². The number of thioether (sulfide) groups is 1. The summed E-state index contributed by atoms with van der Waals surface area (Å²) in [6.07, 6.45) is 4.48. The fourth-order valence-corrected chi connectivity index (χ4v) is 2.04. The topological polar surface area (TPSA) is 12.4 Å². The zero-order chi connectivity index (χ0) is 9.10. The molecule has 0 radical (unpaired) electrons. The maximum absolute atomic E-state index is 4.49. The lowest BCUT2D eigenvalue weighted by atomic mass is 10.1. The molecule has 1 nitrogen and oxygen atoms in total. The summed E-state index contributed by atoms with van der Waals surface area (Å²) in [5.41, 5.74) is 2.60. The molecule has 2 heteroatoms. The monoisotopic (exact) mass is 191 g/mol. The maximum atomic E-state index is 4.49. The molecule has 1 heterocycles. The van der Waals surface area contributed by atoms with Crippen LogP contribution in [0.2, 0.25) is 0 Å². The second kappa shape index (κ2) is 3.97. The molecule has 0 aliphatic carbocycles. The Hall–Kier alpha value is -0.760. The number of hydrogen-bond acceptors (Lipinski definition) is 2. The van der Waals surface area contributed by atoms with Gasteiger partial charge in [-0.25, -0.2) is 0 Å². The molecule has 1 aliphatic rings. The van der Waals surface area contributed by atoms with Gasteiger partial charge in [0.05, 0.1) is 0 Å². The summed E-state index contributed by atoms with van der Waals surface area (Å²) in [6, 6.07) is 8.64. The fraction of sp³-hybridized carbons (Fsp3) is 0.364. The Morgan fingerprint density at radius 3 is 3.00 bits per heavy atom. The molecule has 0 amide bonds. The third-order valence-electron chi connectivity index (χ3n) is 2.28. The Bertz CT molecular complexity index is 331. The molecule has 0 atom stereocenters. The third-order valence-corrected chi connectivity index (χ3v) is 3.00. The van der Waals surface area contributed by atoms with E-state index in [1.54, 1.807) is 11.8 Å². The molecule has 2 rings (SSSR count). The van der Waals surface area contributed by atoms with E-state index in [2.05, 4.69) is 35.5 Å². The molecule has 1 aromatic rings. The van der Waals surface area contributed by atoms with E-state index in [0.717, 1.165) is 13.0 Å². The van der Waals surface area contributed by atoms with Crippen molar-refractivity contribution in [2.75, 3.05) is 12.8 Å². The van der Waals surface area contributed by atoms with Crippen molar-refractivity contribution in [1.82, 2.24) is 0 Å². The second-order valence-electron chi connectivity index (χ2n) is 3.16. The van der Waals surface area contributed by atoms with Gasteiger partial charge in [0.2, 0.25) is 0 Å². The number of nitrogens with zero attached hydrogens (tertiary/aromatic N) is 1. The third kappa shape index (κ3) is 1.94. The van der Waals surface area contributed by atoms with Crippen molar-refractivity contribution in [2.24, 2.45) is 4.99 Å². The molecular formula is C11H13NS. The summed E-state index contributed by atoms with van der Waals surface area (Å²) in [7, 11) is 0. The Labute approximate surface area is 83.3 Å². The predicted molar refractivity (Wildman–Crippen MR) is 58.9 cm³/mol. The highest BCUT2D eigenvalue weighted by atomic mass is 32.2. The molecule has 0 saturated heterocycles. The van der Waals surface area contributed by atoms with Crippen molar-refractivity contribution in [3.05, 3.63) is 29.8 Å². The predicted octanol–water partition coefficient (Wildman–Crippen LogP) is 2.99. The molecule has 0 fully saturated rings. The van der Waals surface area contributed by atoms with Crippen LogP contribution in [0.5, 0.6) is 0 Å². The number of aliphatic imine (C=N–C) groups is 1. The van der Waals surface area contributed by atoms with Crippen LogP contribution in [-0.4, -0.2) is 18.5 Å². The quantitative estimate of drug-likeness (QED) is 0.655. The van der Waals surface area contributed by atoms with Crippen molar-refractivity contribution in [1.29, 1.82) is 0 Å². The minimum atomic E-state index is 1.01. The van der Waals surface area contributed by atoms with E-state index >= 15 is 0 Å². The smallest absolute Gasteiger partial charge is 0.0421 e. The molecular weight excluding hydrogens is 178 g/mol. The van der Waals surface area contributed by atoms with E-state index in [0.29, 0.717) is 0 Å². The van der Waals surface area contributed by atoms with E-state index in [9.17, 15) is 0 Å². The first-order valence-corrected chi connectivity index (χ1v) is 5.80. The molecule has 0 unspecified atom stereocenters. The van der Waals surface area contributed by atoms with Gasteiger partial charge in [-0.15, -0.1) is 11.8 Å². The SMILES string of the molecule is CSc1cccc(C2=NCCC2)c1. The van der Waals surface area contributed by atoms with Gasteiger partial charge in [-0.2, -0.15) is 0 Å². The van der Waals surface area contributed by atoms with Crippen LogP contribution in [0.4, 0.5) is 0 Å². The van der Waals surface area contributed by atoms with Crippen molar-refractivity contribution in [2.45, 2.75) is 17.7 Å². The lowest BCUT2D eigenvalue weighted by Gasteiger charge is -2.02. The molecule has 68 valence electrons. The van der Waals surface area contributed by atoms with Crippen LogP contribution >= 0.6 is 11.8 Å². The zero-order valence-corrected chi connectivity index (χ0v) is 8.60. The van der Waals surface area contributed by atoms with Crippen LogP contribution in [0, 0.1) is 0 Å². The van der Waals surface area contributed by atoms with Gasteiger partial charge in [-0.1, -0.05) is 12.1 Å². The van der Waals surface area contributed by atoms with Crippen molar-refractivity contribution in [3.8, 4) is 0 Å². The Morgan fingerprint density at radius 1 is 1.38 bits per heavy atom. The summed E-state index contributed by atoms with van der Waals surface area (Å²) >= 11 is 1.79. The van der Waals surface area contributed by atoms with Crippen LogP contribution in [-0.2, 0) is 0 Å². The average molecular weight is 191 g/mol. The highest BCUT2D eigenvalue weighted by Crippen LogP contribution is 2.19. The lowest BCUT2D eigenvalue weighted by Crippen LogP contribution is -1.95. The van der Waals surface area contributed by atoms with E-state index in [-0.39, 0.29) is 0 Å². The standard InChI is InChI=1S/C11H13NS/c1-13-10-5-2-4-9(8-10)11-6-3-7-12-11/h2,4-5,8H,3,6-7H2,1H3. The Balaban J connectivity index is 2.29. The summed E-state index contributed by atoms with van der Waals surface area (Å²) in [4.78, 5) is 5.81. The first-order valence-electron chi connectivity index (χ1n) is 4.58. The molecule has 1 aromatic carbocycles.